The lowest BCUT2D eigenvalue weighted by atomic mass is 10.0. The monoisotopic (exact) mass is 387 g/mol. The Kier molecular flexibility index (Phi) is 6.87. The fourth-order valence-corrected chi connectivity index (χ4v) is 2.53. The van der Waals surface area contributed by atoms with Crippen molar-refractivity contribution < 1.29 is 29.3 Å². The molecule has 7 heteroatoms. The second-order valence-corrected chi connectivity index (χ2v) is 7.22. The Hall–Kier alpha value is -3.22. The molecule has 28 heavy (non-hydrogen) atoms. The Morgan fingerprint density at radius 3 is 2.46 bits per heavy atom. The van der Waals surface area contributed by atoms with Gasteiger partial charge in [0.05, 0.1) is 12.2 Å². The van der Waals surface area contributed by atoms with E-state index in [2.05, 4.69) is 5.32 Å². The molecule has 0 atom stereocenters. The molecule has 3 N–H and O–H groups in total. The first kappa shape index (κ1) is 21.1. The number of para-hydroxylation sites is 2. The van der Waals surface area contributed by atoms with Crippen LogP contribution in [-0.4, -0.2) is 34.5 Å². The van der Waals surface area contributed by atoms with Gasteiger partial charge in [0.15, 0.2) is 11.5 Å². The first-order valence-corrected chi connectivity index (χ1v) is 8.93. The number of aryl methyl sites for hydroxylation is 1. The lowest BCUT2D eigenvalue weighted by Crippen LogP contribution is -2.27. The highest BCUT2D eigenvalue weighted by molar-refractivity contribution is 5.91. The fourth-order valence-electron chi connectivity index (χ4n) is 2.53. The van der Waals surface area contributed by atoms with Crippen LogP contribution in [0.3, 0.4) is 0 Å². The van der Waals surface area contributed by atoms with E-state index in [9.17, 15) is 19.8 Å². The maximum Gasteiger partial charge on any atom is 0.412 e. The highest BCUT2D eigenvalue weighted by Crippen LogP contribution is 2.25. The van der Waals surface area contributed by atoms with E-state index in [0.717, 1.165) is 0 Å². The number of carboxylic acid groups (broad SMARTS) is 1. The van der Waals surface area contributed by atoms with Gasteiger partial charge in [0.2, 0.25) is 0 Å². The van der Waals surface area contributed by atoms with Crippen molar-refractivity contribution in [3.05, 3.63) is 53.6 Å². The number of ether oxygens (including phenoxy) is 2. The van der Waals surface area contributed by atoms with Crippen LogP contribution in [0.4, 0.5) is 10.5 Å². The number of nitrogens with one attached hydrogen (secondary N) is 1. The minimum absolute atomic E-state index is 0.0530. The quantitative estimate of drug-likeness (QED) is 0.606. The van der Waals surface area contributed by atoms with Crippen LogP contribution >= 0.6 is 0 Å². The Balaban J connectivity index is 2.01. The molecule has 0 unspecified atom stereocenters. The number of hydrogen-bond donors (Lipinski definition) is 3. The number of aromatic hydroxyl groups is 1. The van der Waals surface area contributed by atoms with Gasteiger partial charge in [-0.25, -0.2) is 9.59 Å². The Morgan fingerprint density at radius 1 is 1.11 bits per heavy atom. The number of benzene rings is 2. The molecule has 1 amide bonds. The molecule has 0 aliphatic rings. The third-order valence-corrected chi connectivity index (χ3v) is 3.69. The number of carboxylic acids is 1. The third-order valence-electron chi connectivity index (χ3n) is 3.69. The van der Waals surface area contributed by atoms with Gasteiger partial charge in [0.25, 0.3) is 0 Å². The molecule has 0 spiro atoms. The summed E-state index contributed by atoms with van der Waals surface area (Å²) in [6, 6.07) is 11.2. The summed E-state index contributed by atoms with van der Waals surface area (Å²) >= 11 is 0. The van der Waals surface area contributed by atoms with Crippen LogP contribution < -0.4 is 10.1 Å². The number of carbonyl (C=O) groups excluding carboxylic acids is 1. The van der Waals surface area contributed by atoms with Crippen molar-refractivity contribution in [2.75, 3.05) is 11.9 Å². The summed E-state index contributed by atoms with van der Waals surface area (Å²) in [7, 11) is 0. The number of aromatic carboxylic acids is 1. The number of rotatable bonds is 7. The van der Waals surface area contributed by atoms with E-state index in [-0.39, 0.29) is 11.3 Å². The molecule has 0 aliphatic heterocycles. The van der Waals surface area contributed by atoms with Gasteiger partial charge in [-0.15, -0.1) is 0 Å². The van der Waals surface area contributed by atoms with E-state index in [4.69, 9.17) is 9.47 Å². The summed E-state index contributed by atoms with van der Waals surface area (Å²) in [6.07, 6.45) is 0.355. The molecular weight excluding hydrogens is 362 g/mol. The van der Waals surface area contributed by atoms with Crippen LogP contribution in [0.1, 0.15) is 43.1 Å². The first-order chi connectivity index (χ1) is 13.2. The predicted molar refractivity (Wildman–Crippen MR) is 105 cm³/mol. The van der Waals surface area contributed by atoms with Crippen molar-refractivity contribution in [2.24, 2.45) is 0 Å². The highest BCUT2D eigenvalue weighted by atomic mass is 16.6. The molecule has 0 heterocycles. The summed E-state index contributed by atoms with van der Waals surface area (Å²) in [6.45, 7) is 5.59. The zero-order valence-electron chi connectivity index (χ0n) is 16.2. The lowest BCUT2D eigenvalue weighted by Gasteiger charge is -2.20. The van der Waals surface area contributed by atoms with Crippen molar-refractivity contribution in [3.8, 4) is 11.5 Å². The molecule has 0 aromatic heterocycles. The normalized spacial score (nSPS) is 11.0. The van der Waals surface area contributed by atoms with Gasteiger partial charge in [-0.2, -0.15) is 0 Å². The molecule has 2 rings (SSSR count). The van der Waals surface area contributed by atoms with Crippen LogP contribution in [0.25, 0.3) is 0 Å². The van der Waals surface area contributed by atoms with E-state index >= 15 is 0 Å². The van der Waals surface area contributed by atoms with E-state index < -0.39 is 17.7 Å². The van der Waals surface area contributed by atoms with Gasteiger partial charge in [-0.1, -0.05) is 12.1 Å². The Bertz CT molecular complexity index is 841. The largest absolute Gasteiger partial charge is 0.504 e. The number of hydrogen-bond acceptors (Lipinski definition) is 5. The molecule has 0 saturated heterocycles. The van der Waals surface area contributed by atoms with E-state index in [1.165, 1.54) is 18.2 Å². The molecule has 150 valence electrons. The van der Waals surface area contributed by atoms with Crippen molar-refractivity contribution in [1.82, 2.24) is 0 Å². The molecule has 0 bridgehead atoms. The summed E-state index contributed by atoms with van der Waals surface area (Å²) in [4.78, 5) is 23.4. The van der Waals surface area contributed by atoms with Gasteiger partial charge in [0.1, 0.15) is 5.60 Å². The lowest BCUT2D eigenvalue weighted by molar-refractivity contribution is 0.0634. The molecule has 0 aliphatic carbocycles. The van der Waals surface area contributed by atoms with Crippen LogP contribution in [0.2, 0.25) is 0 Å². The smallest absolute Gasteiger partial charge is 0.412 e. The van der Waals surface area contributed by atoms with Gasteiger partial charge < -0.3 is 19.7 Å². The third kappa shape index (κ3) is 6.50. The van der Waals surface area contributed by atoms with E-state index in [1.807, 2.05) is 0 Å². The maximum absolute atomic E-state index is 11.9. The van der Waals surface area contributed by atoms with Crippen molar-refractivity contribution in [2.45, 2.75) is 39.2 Å². The van der Waals surface area contributed by atoms with Gasteiger partial charge in [-0.3, -0.25) is 5.32 Å². The molecule has 0 radical (unpaired) electrons. The topological polar surface area (TPSA) is 105 Å². The summed E-state index contributed by atoms with van der Waals surface area (Å²) in [5.41, 5.74) is 0.559. The number of anilines is 1. The molecular formula is C21H25NO6. The number of phenols is 1. The number of phenolic OH excluding ortho intramolecular Hbond substituents is 1. The van der Waals surface area contributed by atoms with Gasteiger partial charge in [-0.05, 0) is 69.5 Å². The fraction of sp³-hybridized carbons (Fsp3) is 0.333. The summed E-state index contributed by atoms with van der Waals surface area (Å²) < 4.78 is 10.7. The van der Waals surface area contributed by atoms with Crippen LogP contribution in [0.15, 0.2) is 42.5 Å². The Morgan fingerprint density at radius 2 is 1.82 bits per heavy atom. The molecule has 0 fully saturated rings. The second-order valence-electron chi connectivity index (χ2n) is 7.22. The van der Waals surface area contributed by atoms with Gasteiger partial charge in [0, 0.05) is 5.69 Å². The maximum atomic E-state index is 11.9. The molecule has 0 saturated carbocycles. The zero-order valence-corrected chi connectivity index (χ0v) is 16.2. The highest BCUT2D eigenvalue weighted by Gasteiger charge is 2.17. The first-order valence-electron chi connectivity index (χ1n) is 8.93. The van der Waals surface area contributed by atoms with Crippen molar-refractivity contribution >= 4 is 17.7 Å². The minimum Gasteiger partial charge on any atom is -0.504 e. The van der Waals surface area contributed by atoms with Crippen LogP contribution in [-0.2, 0) is 11.2 Å². The van der Waals surface area contributed by atoms with Crippen molar-refractivity contribution in [3.63, 3.8) is 0 Å². The zero-order chi connectivity index (χ0) is 20.7. The van der Waals surface area contributed by atoms with E-state index in [1.54, 1.807) is 45.0 Å². The number of carbonyl (C=O) groups is 2. The predicted octanol–water partition coefficient (Wildman–Crippen LogP) is 4.45. The molecule has 2 aromatic rings. The van der Waals surface area contributed by atoms with Crippen LogP contribution in [0, 0.1) is 0 Å². The number of amides is 1. The summed E-state index contributed by atoms with van der Waals surface area (Å²) in [5, 5.41) is 21.7. The van der Waals surface area contributed by atoms with Crippen LogP contribution in [0.5, 0.6) is 11.5 Å². The summed E-state index contributed by atoms with van der Waals surface area (Å²) in [5.74, 6) is -0.612. The Labute approximate surface area is 163 Å². The second kappa shape index (κ2) is 9.12. The average Bonchev–Trinajstić information content (AvgIpc) is 2.58. The average molecular weight is 387 g/mol. The van der Waals surface area contributed by atoms with Gasteiger partial charge >= 0.3 is 12.1 Å². The molecule has 7 nitrogen and oxygen atoms in total. The van der Waals surface area contributed by atoms with E-state index in [0.29, 0.717) is 36.4 Å². The minimum atomic E-state index is -1.04. The van der Waals surface area contributed by atoms with Crippen molar-refractivity contribution in [1.29, 1.82) is 0 Å². The SMILES string of the molecule is CC(C)(C)OC(=O)Nc1ccc(C(=O)O)c(CCCOc2ccccc2O)c1. The molecule has 2 aromatic carbocycles. The standard InChI is InChI=1S/C21H25NO6/c1-21(2,3)28-20(26)22-15-10-11-16(19(24)25)14(13-15)7-6-12-27-18-9-5-4-8-17(18)23/h4-5,8-11,13,23H,6-7,12H2,1-3H3,(H,22,26)(H,24,25).